The Balaban J connectivity index is 1.54. The Labute approximate surface area is 131 Å². The number of piperidine rings is 1. The van der Waals surface area contributed by atoms with E-state index in [2.05, 4.69) is 42.3 Å². The van der Waals surface area contributed by atoms with Crippen molar-refractivity contribution in [3.05, 3.63) is 36.4 Å². The first kappa shape index (κ1) is 13.9. The molecule has 2 aliphatic heterocycles. The first-order valence-electron chi connectivity index (χ1n) is 8.19. The molecule has 2 aromatic rings. The van der Waals surface area contributed by atoms with E-state index in [0.29, 0.717) is 18.2 Å². The van der Waals surface area contributed by atoms with Gasteiger partial charge < -0.3 is 14.4 Å². The Morgan fingerprint density at radius 2 is 1.55 bits per heavy atom. The second-order valence-corrected chi connectivity index (χ2v) is 6.64. The molecule has 2 aromatic carbocycles. The van der Waals surface area contributed by atoms with Crippen molar-refractivity contribution >= 4 is 10.8 Å². The van der Waals surface area contributed by atoms with Crippen LogP contribution in [0.15, 0.2) is 36.4 Å². The molecule has 0 amide bonds. The van der Waals surface area contributed by atoms with Crippen LogP contribution in [0.1, 0.15) is 25.7 Å². The lowest BCUT2D eigenvalue weighted by molar-refractivity contribution is 0.0662. The average molecular weight is 297 g/mol. The molecule has 3 atom stereocenters. The van der Waals surface area contributed by atoms with Crippen molar-refractivity contribution in [3.8, 4) is 11.5 Å². The van der Waals surface area contributed by atoms with Crippen LogP contribution in [0.25, 0.3) is 10.8 Å². The van der Waals surface area contributed by atoms with Crippen molar-refractivity contribution in [3.63, 3.8) is 0 Å². The minimum Gasteiger partial charge on any atom is -0.497 e. The lowest BCUT2D eigenvalue weighted by Crippen LogP contribution is -2.43. The van der Waals surface area contributed by atoms with E-state index in [1.165, 1.54) is 23.6 Å². The third-order valence-electron chi connectivity index (χ3n) is 5.38. The fourth-order valence-corrected chi connectivity index (χ4v) is 4.05. The number of methoxy groups -OCH3 is 1. The predicted octanol–water partition coefficient (Wildman–Crippen LogP) is 3.85. The molecule has 0 aromatic heterocycles. The zero-order valence-corrected chi connectivity index (χ0v) is 13.3. The van der Waals surface area contributed by atoms with E-state index in [4.69, 9.17) is 9.47 Å². The third-order valence-corrected chi connectivity index (χ3v) is 5.38. The second-order valence-electron chi connectivity index (χ2n) is 6.64. The highest BCUT2D eigenvalue weighted by atomic mass is 16.5. The number of fused-ring (bicyclic) bond motifs is 3. The summed E-state index contributed by atoms with van der Waals surface area (Å²) in [6.07, 6.45) is 5.33. The van der Waals surface area contributed by atoms with Gasteiger partial charge in [-0.2, -0.15) is 0 Å². The fourth-order valence-electron chi connectivity index (χ4n) is 4.05. The molecule has 0 unspecified atom stereocenters. The normalized spacial score (nSPS) is 28.0. The van der Waals surface area contributed by atoms with Gasteiger partial charge in [0.1, 0.15) is 17.6 Å². The topological polar surface area (TPSA) is 21.7 Å². The molecular weight excluding hydrogens is 274 g/mol. The monoisotopic (exact) mass is 297 g/mol. The Morgan fingerprint density at radius 3 is 2.23 bits per heavy atom. The van der Waals surface area contributed by atoms with Gasteiger partial charge in [0.15, 0.2) is 0 Å². The van der Waals surface area contributed by atoms with Gasteiger partial charge in [-0.3, -0.25) is 0 Å². The standard InChI is InChI=1S/C19H23NO2/c1-20-15-5-6-16(20)12-19(11-15)22-18-8-4-13-3-7-17(21-2)9-14(13)10-18/h3-4,7-10,15-16,19H,5-6,11-12H2,1-2H3/t15-,16+,19-. The molecule has 2 saturated heterocycles. The summed E-state index contributed by atoms with van der Waals surface area (Å²) < 4.78 is 11.6. The quantitative estimate of drug-likeness (QED) is 0.859. The maximum absolute atomic E-state index is 6.30. The highest BCUT2D eigenvalue weighted by Gasteiger charge is 2.39. The molecule has 4 rings (SSSR count). The van der Waals surface area contributed by atoms with E-state index in [1.54, 1.807) is 7.11 Å². The summed E-state index contributed by atoms with van der Waals surface area (Å²) >= 11 is 0. The number of rotatable bonds is 3. The van der Waals surface area contributed by atoms with Crippen LogP contribution in [0.5, 0.6) is 11.5 Å². The molecule has 2 aliphatic rings. The zero-order valence-electron chi connectivity index (χ0n) is 13.3. The predicted molar refractivity (Wildman–Crippen MR) is 88.7 cm³/mol. The van der Waals surface area contributed by atoms with Gasteiger partial charge in [-0.05, 0) is 67.8 Å². The van der Waals surface area contributed by atoms with Crippen molar-refractivity contribution in [2.24, 2.45) is 0 Å². The van der Waals surface area contributed by atoms with E-state index < -0.39 is 0 Å². The van der Waals surface area contributed by atoms with Gasteiger partial charge in [-0.15, -0.1) is 0 Å². The fraction of sp³-hybridized carbons (Fsp3) is 0.474. The van der Waals surface area contributed by atoms with E-state index in [1.807, 2.05) is 6.07 Å². The van der Waals surface area contributed by atoms with Gasteiger partial charge in [0.2, 0.25) is 0 Å². The van der Waals surface area contributed by atoms with Gasteiger partial charge in [-0.1, -0.05) is 12.1 Å². The molecule has 22 heavy (non-hydrogen) atoms. The molecule has 2 fully saturated rings. The molecule has 0 radical (unpaired) electrons. The molecule has 0 N–H and O–H groups in total. The van der Waals surface area contributed by atoms with Crippen molar-refractivity contribution in [1.82, 2.24) is 4.90 Å². The highest BCUT2D eigenvalue weighted by Crippen LogP contribution is 2.36. The SMILES string of the molecule is COc1ccc2ccc(O[C@@H]3C[C@H]4CC[C@@H](C3)N4C)cc2c1. The van der Waals surface area contributed by atoms with Gasteiger partial charge >= 0.3 is 0 Å². The van der Waals surface area contributed by atoms with Crippen LogP contribution in [0.3, 0.4) is 0 Å². The first-order valence-corrected chi connectivity index (χ1v) is 8.19. The molecule has 2 bridgehead atoms. The molecule has 116 valence electrons. The number of nitrogens with zero attached hydrogens (tertiary/aromatic N) is 1. The molecule has 2 heterocycles. The van der Waals surface area contributed by atoms with Crippen LogP contribution >= 0.6 is 0 Å². The second kappa shape index (κ2) is 5.47. The van der Waals surface area contributed by atoms with Crippen molar-refractivity contribution in [2.75, 3.05) is 14.2 Å². The molecule has 0 aliphatic carbocycles. The minimum atomic E-state index is 0.358. The average Bonchev–Trinajstić information content (AvgIpc) is 2.75. The molecule has 0 spiro atoms. The Bertz CT molecular complexity index is 670. The minimum absolute atomic E-state index is 0.358. The third kappa shape index (κ3) is 2.44. The Morgan fingerprint density at radius 1 is 0.909 bits per heavy atom. The first-order chi connectivity index (χ1) is 10.7. The summed E-state index contributed by atoms with van der Waals surface area (Å²) in [4.78, 5) is 2.55. The van der Waals surface area contributed by atoms with E-state index in [-0.39, 0.29) is 0 Å². The van der Waals surface area contributed by atoms with Crippen molar-refractivity contribution in [2.45, 2.75) is 43.9 Å². The van der Waals surface area contributed by atoms with Crippen LogP contribution in [0.2, 0.25) is 0 Å². The maximum Gasteiger partial charge on any atom is 0.120 e. The van der Waals surface area contributed by atoms with E-state index in [9.17, 15) is 0 Å². The largest absolute Gasteiger partial charge is 0.497 e. The van der Waals surface area contributed by atoms with Crippen molar-refractivity contribution in [1.29, 1.82) is 0 Å². The smallest absolute Gasteiger partial charge is 0.120 e. The summed E-state index contributed by atoms with van der Waals surface area (Å²) in [6.45, 7) is 0. The van der Waals surface area contributed by atoms with Crippen LogP contribution < -0.4 is 9.47 Å². The number of hydrogen-bond acceptors (Lipinski definition) is 3. The molecule has 0 saturated carbocycles. The summed E-state index contributed by atoms with van der Waals surface area (Å²) in [5.74, 6) is 1.87. The summed E-state index contributed by atoms with van der Waals surface area (Å²) in [5, 5.41) is 2.39. The van der Waals surface area contributed by atoms with Gasteiger partial charge in [0.05, 0.1) is 7.11 Å². The summed E-state index contributed by atoms with van der Waals surface area (Å²) in [5.41, 5.74) is 0. The van der Waals surface area contributed by atoms with Crippen LogP contribution in [-0.2, 0) is 0 Å². The molecule has 3 heteroatoms. The van der Waals surface area contributed by atoms with Crippen LogP contribution in [0, 0.1) is 0 Å². The Kier molecular flexibility index (Phi) is 3.45. The number of benzene rings is 2. The summed E-state index contributed by atoms with van der Waals surface area (Å²) in [6, 6.07) is 13.9. The number of hydrogen-bond donors (Lipinski definition) is 0. The Hall–Kier alpha value is -1.74. The lowest BCUT2D eigenvalue weighted by Gasteiger charge is -2.36. The maximum atomic E-state index is 6.30. The van der Waals surface area contributed by atoms with Crippen molar-refractivity contribution < 1.29 is 9.47 Å². The van der Waals surface area contributed by atoms with Gasteiger partial charge in [0, 0.05) is 12.1 Å². The van der Waals surface area contributed by atoms with Gasteiger partial charge in [-0.25, -0.2) is 0 Å². The summed E-state index contributed by atoms with van der Waals surface area (Å²) in [7, 11) is 3.97. The zero-order chi connectivity index (χ0) is 15.1. The van der Waals surface area contributed by atoms with Crippen LogP contribution in [0.4, 0.5) is 0 Å². The van der Waals surface area contributed by atoms with E-state index >= 15 is 0 Å². The highest BCUT2D eigenvalue weighted by molar-refractivity contribution is 5.85. The van der Waals surface area contributed by atoms with Gasteiger partial charge in [0.25, 0.3) is 0 Å². The number of ether oxygens (including phenoxy) is 2. The molecule has 3 nitrogen and oxygen atoms in total. The van der Waals surface area contributed by atoms with E-state index in [0.717, 1.165) is 24.3 Å². The lowest BCUT2D eigenvalue weighted by atomic mass is 10.0. The van der Waals surface area contributed by atoms with Crippen LogP contribution in [-0.4, -0.2) is 37.2 Å². The molecular formula is C19H23NO2.